The number of carbonyl (C=O) groups excluding carboxylic acids is 3. The second kappa shape index (κ2) is 7.91. The molecular formula is C28H21FN2O4. The maximum atomic E-state index is 14.0. The second-order valence-electron chi connectivity index (χ2n) is 8.92. The number of benzene rings is 3. The van der Waals surface area contributed by atoms with Crippen LogP contribution in [-0.2, 0) is 9.59 Å². The molecule has 6 nitrogen and oxygen atoms in total. The Morgan fingerprint density at radius 2 is 1.66 bits per heavy atom. The van der Waals surface area contributed by atoms with Gasteiger partial charge in [-0.3, -0.25) is 14.4 Å². The van der Waals surface area contributed by atoms with E-state index in [4.69, 9.17) is 4.74 Å². The molecule has 174 valence electrons. The molecule has 0 saturated carbocycles. The van der Waals surface area contributed by atoms with Gasteiger partial charge in [0.1, 0.15) is 17.6 Å². The Bertz CT molecular complexity index is 1400. The van der Waals surface area contributed by atoms with Crippen LogP contribution >= 0.6 is 0 Å². The Labute approximate surface area is 201 Å². The topological polar surface area (TPSA) is 66.9 Å². The zero-order valence-electron chi connectivity index (χ0n) is 18.8. The van der Waals surface area contributed by atoms with Gasteiger partial charge in [0.05, 0.1) is 30.7 Å². The molecule has 3 heterocycles. The summed E-state index contributed by atoms with van der Waals surface area (Å²) in [6.45, 7) is 0. The molecule has 0 aromatic heterocycles. The van der Waals surface area contributed by atoms with Gasteiger partial charge in [-0.2, -0.15) is 0 Å². The van der Waals surface area contributed by atoms with Gasteiger partial charge in [-0.1, -0.05) is 30.3 Å². The summed E-state index contributed by atoms with van der Waals surface area (Å²) in [5.74, 6) is -2.77. The van der Waals surface area contributed by atoms with Gasteiger partial charge in [0.25, 0.3) is 0 Å². The maximum absolute atomic E-state index is 14.0. The molecule has 35 heavy (non-hydrogen) atoms. The number of amides is 2. The van der Waals surface area contributed by atoms with E-state index in [1.54, 1.807) is 31.4 Å². The van der Waals surface area contributed by atoms with E-state index < -0.39 is 41.6 Å². The first-order chi connectivity index (χ1) is 17.0. The minimum absolute atomic E-state index is 0.177. The lowest BCUT2D eigenvalue weighted by molar-refractivity contribution is -0.123. The lowest BCUT2D eigenvalue weighted by Gasteiger charge is -2.35. The Kier molecular flexibility index (Phi) is 4.81. The van der Waals surface area contributed by atoms with Crippen LogP contribution < -0.4 is 9.64 Å². The first kappa shape index (κ1) is 21.3. The van der Waals surface area contributed by atoms with Crippen LogP contribution in [0.1, 0.15) is 27.5 Å². The first-order valence-electron chi connectivity index (χ1n) is 11.4. The van der Waals surface area contributed by atoms with Crippen molar-refractivity contribution in [1.29, 1.82) is 0 Å². The van der Waals surface area contributed by atoms with Crippen LogP contribution in [0.15, 0.2) is 79.0 Å². The highest BCUT2D eigenvalue weighted by Gasteiger charge is 2.64. The summed E-state index contributed by atoms with van der Waals surface area (Å²) in [5.41, 5.74) is 2.43. The number of anilines is 1. The summed E-state index contributed by atoms with van der Waals surface area (Å²) in [5, 5.41) is 0. The minimum Gasteiger partial charge on any atom is -0.497 e. The number of methoxy groups -OCH3 is 1. The molecule has 0 bridgehead atoms. The fourth-order valence-corrected chi connectivity index (χ4v) is 5.65. The third kappa shape index (κ3) is 3.11. The quantitative estimate of drug-likeness (QED) is 0.424. The molecule has 0 spiro atoms. The van der Waals surface area contributed by atoms with Crippen molar-refractivity contribution in [2.24, 2.45) is 11.8 Å². The van der Waals surface area contributed by atoms with Crippen LogP contribution in [0, 0.1) is 17.7 Å². The molecule has 2 fully saturated rings. The summed E-state index contributed by atoms with van der Waals surface area (Å²) in [7, 11) is 1.54. The number of imide groups is 1. The Morgan fingerprint density at radius 3 is 2.40 bits per heavy atom. The van der Waals surface area contributed by atoms with E-state index in [2.05, 4.69) is 0 Å². The lowest BCUT2D eigenvalue weighted by atomic mass is 9.83. The van der Waals surface area contributed by atoms with E-state index in [0.29, 0.717) is 11.3 Å². The molecule has 2 amide bonds. The molecule has 3 aliphatic heterocycles. The number of halogens is 1. The van der Waals surface area contributed by atoms with Crippen molar-refractivity contribution < 1.29 is 23.5 Å². The van der Waals surface area contributed by atoms with E-state index in [1.807, 2.05) is 41.4 Å². The highest BCUT2D eigenvalue weighted by atomic mass is 19.1. The van der Waals surface area contributed by atoms with Crippen LogP contribution in [-0.4, -0.2) is 35.6 Å². The predicted molar refractivity (Wildman–Crippen MR) is 127 cm³/mol. The van der Waals surface area contributed by atoms with Gasteiger partial charge < -0.3 is 9.64 Å². The van der Waals surface area contributed by atoms with Gasteiger partial charge in [-0.05, 0) is 59.7 Å². The number of fused-ring (bicyclic) bond motifs is 5. The van der Waals surface area contributed by atoms with Crippen LogP contribution in [0.3, 0.4) is 0 Å². The fraction of sp³-hybridized carbons (Fsp3) is 0.179. The molecule has 3 aromatic carbocycles. The summed E-state index contributed by atoms with van der Waals surface area (Å²) >= 11 is 0. The molecule has 0 unspecified atom stereocenters. The smallest absolute Gasteiger partial charge is 0.240 e. The van der Waals surface area contributed by atoms with Gasteiger partial charge in [0, 0.05) is 11.8 Å². The summed E-state index contributed by atoms with van der Waals surface area (Å²) < 4.78 is 19.2. The van der Waals surface area contributed by atoms with Crippen molar-refractivity contribution in [1.82, 2.24) is 4.90 Å². The molecule has 0 aliphatic carbocycles. The van der Waals surface area contributed by atoms with Gasteiger partial charge in [0.2, 0.25) is 11.8 Å². The third-order valence-electron chi connectivity index (χ3n) is 7.17. The largest absolute Gasteiger partial charge is 0.497 e. The van der Waals surface area contributed by atoms with Gasteiger partial charge in [0.15, 0.2) is 5.78 Å². The van der Waals surface area contributed by atoms with Gasteiger partial charge >= 0.3 is 0 Å². The molecule has 4 atom stereocenters. The number of carbonyl (C=O) groups is 3. The average Bonchev–Trinajstić information content (AvgIpc) is 3.36. The number of rotatable bonds is 4. The first-order valence-corrected chi connectivity index (χ1v) is 11.4. The van der Waals surface area contributed by atoms with E-state index in [1.165, 1.54) is 24.3 Å². The number of hydrogen-bond donors (Lipinski definition) is 0. The fourth-order valence-electron chi connectivity index (χ4n) is 5.65. The Hall–Kier alpha value is -4.26. The molecule has 3 aromatic rings. The maximum Gasteiger partial charge on any atom is 0.240 e. The highest BCUT2D eigenvalue weighted by Crippen LogP contribution is 2.53. The number of ketones is 1. The van der Waals surface area contributed by atoms with E-state index in [0.717, 1.165) is 16.0 Å². The standard InChI is InChI=1S/C28H21FN2O4/c1-35-20-11-9-17(10-12-20)26(32)25-23-22(24-21-8-3-2-5-16(21)13-14-30(24)25)27(33)31(28(23)34)19-7-4-6-18(29)15-19/h2-15,22-25H,1H3/t22-,23+,24+,25-/m0/s1. The number of hydrogen-bond acceptors (Lipinski definition) is 5. The second-order valence-corrected chi connectivity index (χ2v) is 8.92. The van der Waals surface area contributed by atoms with Crippen LogP contribution in [0.25, 0.3) is 6.08 Å². The third-order valence-corrected chi connectivity index (χ3v) is 7.17. The SMILES string of the molecule is COc1ccc(C(=O)[C@@H]2[C@@H]3C(=O)N(c4cccc(F)c4)C(=O)[C@@H]3[C@H]3c4ccccc4C=CN23)cc1. The molecule has 7 heteroatoms. The number of Topliss-reactive ketones (excluding diaryl/α,β-unsaturated/α-hetero) is 1. The van der Waals surface area contributed by atoms with E-state index in [-0.39, 0.29) is 11.5 Å². The summed E-state index contributed by atoms with van der Waals surface area (Å²) in [4.78, 5) is 44.3. The van der Waals surface area contributed by atoms with Crippen molar-refractivity contribution in [3.05, 3.63) is 102 Å². The van der Waals surface area contributed by atoms with Crippen molar-refractivity contribution in [2.75, 3.05) is 12.0 Å². The van der Waals surface area contributed by atoms with Crippen LogP contribution in [0.4, 0.5) is 10.1 Å². The lowest BCUT2D eigenvalue weighted by Crippen LogP contribution is -2.44. The Morgan fingerprint density at radius 1 is 0.914 bits per heavy atom. The van der Waals surface area contributed by atoms with E-state index in [9.17, 15) is 18.8 Å². The zero-order chi connectivity index (χ0) is 24.3. The normalized spacial score (nSPS) is 24.3. The molecule has 0 radical (unpaired) electrons. The van der Waals surface area contributed by atoms with Crippen molar-refractivity contribution in [2.45, 2.75) is 12.1 Å². The van der Waals surface area contributed by atoms with Gasteiger partial charge in [-0.15, -0.1) is 0 Å². The van der Waals surface area contributed by atoms with Crippen LogP contribution in [0.5, 0.6) is 5.75 Å². The van der Waals surface area contributed by atoms with E-state index >= 15 is 0 Å². The van der Waals surface area contributed by atoms with Gasteiger partial charge in [-0.25, -0.2) is 9.29 Å². The van der Waals surface area contributed by atoms with Crippen molar-refractivity contribution in [3.8, 4) is 5.75 Å². The van der Waals surface area contributed by atoms with Crippen molar-refractivity contribution in [3.63, 3.8) is 0 Å². The molecule has 6 rings (SSSR count). The highest BCUT2D eigenvalue weighted by molar-refractivity contribution is 6.24. The Balaban J connectivity index is 1.48. The molecule has 0 N–H and O–H groups in total. The zero-order valence-corrected chi connectivity index (χ0v) is 18.8. The number of nitrogens with zero attached hydrogens (tertiary/aromatic N) is 2. The average molecular weight is 468 g/mol. The molecule has 2 saturated heterocycles. The summed E-state index contributed by atoms with van der Waals surface area (Å²) in [6, 6.07) is 18.4. The van der Waals surface area contributed by atoms with Crippen LogP contribution in [0.2, 0.25) is 0 Å². The van der Waals surface area contributed by atoms with Crippen molar-refractivity contribution >= 4 is 29.4 Å². The minimum atomic E-state index is -0.902. The number of ether oxygens (including phenoxy) is 1. The predicted octanol–water partition coefficient (Wildman–Crippen LogP) is 4.23. The summed E-state index contributed by atoms with van der Waals surface area (Å²) in [6.07, 6.45) is 3.71. The molecule has 3 aliphatic rings. The molecular weight excluding hydrogens is 447 g/mol. The monoisotopic (exact) mass is 468 g/mol.